The number of halogens is 1. The number of rotatable bonds is 5. The molecule has 6 heteroatoms. The van der Waals surface area contributed by atoms with Crippen LogP contribution in [0.15, 0.2) is 39.0 Å². The fourth-order valence-corrected chi connectivity index (χ4v) is 3.09. The summed E-state index contributed by atoms with van der Waals surface area (Å²) in [5.74, 6) is 0.451. The molecule has 100 valence electrons. The Hall–Kier alpha value is -0.850. The first kappa shape index (κ1) is 14.6. The molecule has 0 spiro atoms. The Morgan fingerprint density at radius 3 is 2.79 bits per heavy atom. The van der Waals surface area contributed by atoms with Crippen molar-refractivity contribution in [2.24, 2.45) is 0 Å². The second-order valence-electron chi connectivity index (χ2n) is 3.90. The van der Waals surface area contributed by atoms with Crippen LogP contribution in [0, 0.1) is 6.92 Å². The molecule has 19 heavy (non-hydrogen) atoms. The Bertz CT molecular complexity index is 554. The summed E-state index contributed by atoms with van der Waals surface area (Å²) in [5, 5.41) is 5.80. The molecule has 0 radical (unpaired) electrons. The Labute approximate surface area is 129 Å². The SMILES string of the molecule is Cc1csc(CNC(=O)CSc2ccc(Br)cc2)n1. The first-order chi connectivity index (χ1) is 9.13. The van der Waals surface area contributed by atoms with Gasteiger partial charge in [0.15, 0.2) is 0 Å². The van der Waals surface area contributed by atoms with Crippen LogP contribution >= 0.6 is 39.0 Å². The molecule has 1 aromatic carbocycles. The third kappa shape index (κ3) is 4.97. The van der Waals surface area contributed by atoms with Crippen molar-refractivity contribution in [3.63, 3.8) is 0 Å². The summed E-state index contributed by atoms with van der Waals surface area (Å²) in [6.07, 6.45) is 0. The lowest BCUT2D eigenvalue weighted by atomic mass is 10.4. The molecule has 0 atom stereocenters. The average Bonchev–Trinajstić information content (AvgIpc) is 2.81. The van der Waals surface area contributed by atoms with E-state index in [0.717, 1.165) is 20.1 Å². The summed E-state index contributed by atoms with van der Waals surface area (Å²) in [6.45, 7) is 2.46. The van der Waals surface area contributed by atoms with Gasteiger partial charge in [-0.05, 0) is 31.2 Å². The number of amides is 1. The maximum atomic E-state index is 11.7. The Morgan fingerprint density at radius 1 is 1.42 bits per heavy atom. The highest BCUT2D eigenvalue weighted by Gasteiger charge is 2.04. The lowest BCUT2D eigenvalue weighted by molar-refractivity contribution is -0.118. The topological polar surface area (TPSA) is 42.0 Å². The van der Waals surface area contributed by atoms with Gasteiger partial charge in [0.25, 0.3) is 0 Å². The third-order valence-corrected chi connectivity index (χ3v) is 4.79. The number of carbonyl (C=O) groups is 1. The van der Waals surface area contributed by atoms with Gasteiger partial charge in [0.2, 0.25) is 5.91 Å². The number of hydrogen-bond donors (Lipinski definition) is 1. The first-order valence-electron chi connectivity index (χ1n) is 5.69. The number of nitrogens with zero attached hydrogens (tertiary/aromatic N) is 1. The lowest BCUT2D eigenvalue weighted by Crippen LogP contribution is -2.24. The quantitative estimate of drug-likeness (QED) is 0.831. The highest BCUT2D eigenvalue weighted by molar-refractivity contribution is 9.10. The van der Waals surface area contributed by atoms with Crippen LogP contribution in [0.2, 0.25) is 0 Å². The first-order valence-corrected chi connectivity index (χ1v) is 8.35. The highest BCUT2D eigenvalue weighted by atomic mass is 79.9. The number of aryl methyl sites for hydroxylation is 1. The van der Waals surface area contributed by atoms with E-state index in [1.165, 1.54) is 11.8 Å². The Balaban J connectivity index is 1.74. The number of nitrogens with one attached hydrogen (secondary N) is 1. The fourth-order valence-electron chi connectivity index (χ4n) is 1.39. The smallest absolute Gasteiger partial charge is 0.230 e. The Kier molecular flexibility index (Phi) is 5.42. The van der Waals surface area contributed by atoms with Crippen LogP contribution in [0.25, 0.3) is 0 Å². The lowest BCUT2D eigenvalue weighted by Gasteiger charge is -2.03. The standard InChI is InChI=1S/C13H13BrN2OS2/c1-9-7-19-13(16-9)6-15-12(17)8-18-11-4-2-10(14)3-5-11/h2-5,7H,6,8H2,1H3,(H,15,17). The van der Waals surface area contributed by atoms with E-state index in [1.807, 2.05) is 36.6 Å². The molecular weight excluding hydrogens is 344 g/mol. The minimum atomic E-state index is 0.0285. The predicted octanol–water partition coefficient (Wildman–Crippen LogP) is 3.62. The van der Waals surface area contributed by atoms with Gasteiger partial charge in [0, 0.05) is 20.4 Å². The zero-order valence-corrected chi connectivity index (χ0v) is 13.6. The van der Waals surface area contributed by atoms with Crippen molar-refractivity contribution in [1.29, 1.82) is 0 Å². The number of hydrogen-bond acceptors (Lipinski definition) is 4. The number of carbonyl (C=O) groups excluding carboxylic acids is 1. The molecule has 2 aromatic rings. The van der Waals surface area contributed by atoms with E-state index >= 15 is 0 Å². The van der Waals surface area contributed by atoms with Crippen molar-refractivity contribution in [3.05, 3.63) is 44.8 Å². The van der Waals surface area contributed by atoms with Gasteiger partial charge in [-0.15, -0.1) is 23.1 Å². The normalized spacial score (nSPS) is 10.4. The average molecular weight is 357 g/mol. The number of thioether (sulfide) groups is 1. The molecule has 0 bridgehead atoms. The van der Waals surface area contributed by atoms with E-state index in [1.54, 1.807) is 11.3 Å². The van der Waals surface area contributed by atoms with Gasteiger partial charge in [-0.25, -0.2) is 4.98 Å². The van der Waals surface area contributed by atoms with Crippen LogP contribution in [0.4, 0.5) is 0 Å². The van der Waals surface area contributed by atoms with Crippen molar-refractivity contribution in [2.75, 3.05) is 5.75 Å². The van der Waals surface area contributed by atoms with E-state index in [2.05, 4.69) is 26.2 Å². The molecule has 0 aliphatic carbocycles. The monoisotopic (exact) mass is 356 g/mol. The second-order valence-corrected chi connectivity index (χ2v) is 6.81. The van der Waals surface area contributed by atoms with Crippen molar-refractivity contribution in [3.8, 4) is 0 Å². The number of aromatic nitrogens is 1. The van der Waals surface area contributed by atoms with E-state index < -0.39 is 0 Å². The van der Waals surface area contributed by atoms with Crippen LogP contribution in [0.5, 0.6) is 0 Å². The van der Waals surface area contributed by atoms with Gasteiger partial charge >= 0.3 is 0 Å². The molecule has 1 heterocycles. The largest absolute Gasteiger partial charge is 0.349 e. The summed E-state index contributed by atoms with van der Waals surface area (Å²) in [5.41, 5.74) is 0.999. The zero-order valence-electron chi connectivity index (χ0n) is 10.4. The highest BCUT2D eigenvalue weighted by Crippen LogP contribution is 2.20. The van der Waals surface area contributed by atoms with Crippen LogP contribution < -0.4 is 5.32 Å². The van der Waals surface area contributed by atoms with Crippen LogP contribution in [-0.2, 0) is 11.3 Å². The Morgan fingerprint density at radius 2 is 2.16 bits per heavy atom. The molecule has 1 N–H and O–H groups in total. The number of thiazole rings is 1. The third-order valence-electron chi connectivity index (χ3n) is 2.29. The minimum Gasteiger partial charge on any atom is -0.349 e. The maximum absolute atomic E-state index is 11.7. The summed E-state index contributed by atoms with van der Waals surface area (Å²) in [4.78, 5) is 17.1. The van der Waals surface area contributed by atoms with Crippen molar-refractivity contribution in [1.82, 2.24) is 10.3 Å². The second kappa shape index (κ2) is 7.07. The van der Waals surface area contributed by atoms with Crippen LogP contribution in [0.3, 0.4) is 0 Å². The molecule has 0 aliphatic heterocycles. The molecule has 0 saturated carbocycles. The van der Waals surface area contributed by atoms with Gasteiger partial charge in [-0.2, -0.15) is 0 Å². The fraction of sp³-hybridized carbons (Fsp3) is 0.231. The predicted molar refractivity (Wildman–Crippen MR) is 83.6 cm³/mol. The van der Waals surface area contributed by atoms with Gasteiger partial charge < -0.3 is 5.32 Å². The van der Waals surface area contributed by atoms with E-state index in [-0.39, 0.29) is 5.91 Å². The van der Waals surface area contributed by atoms with Gasteiger partial charge in [-0.3, -0.25) is 4.79 Å². The zero-order chi connectivity index (χ0) is 13.7. The van der Waals surface area contributed by atoms with Gasteiger partial charge in [-0.1, -0.05) is 15.9 Å². The molecule has 1 aromatic heterocycles. The van der Waals surface area contributed by atoms with Crippen LogP contribution in [0.1, 0.15) is 10.7 Å². The summed E-state index contributed by atoms with van der Waals surface area (Å²) in [7, 11) is 0. The number of benzene rings is 1. The molecule has 0 fully saturated rings. The molecule has 1 amide bonds. The van der Waals surface area contributed by atoms with Gasteiger partial charge in [0.1, 0.15) is 5.01 Å². The molecule has 0 aliphatic rings. The summed E-state index contributed by atoms with van der Waals surface area (Å²) >= 11 is 6.48. The summed E-state index contributed by atoms with van der Waals surface area (Å²) in [6, 6.07) is 7.93. The molecule has 3 nitrogen and oxygen atoms in total. The van der Waals surface area contributed by atoms with E-state index in [9.17, 15) is 4.79 Å². The van der Waals surface area contributed by atoms with Crippen molar-refractivity contribution >= 4 is 44.9 Å². The summed E-state index contributed by atoms with van der Waals surface area (Å²) < 4.78 is 1.04. The minimum absolute atomic E-state index is 0.0285. The van der Waals surface area contributed by atoms with Crippen molar-refractivity contribution < 1.29 is 4.79 Å². The molecule has 2 rings (SSSR count). The maximum Gasteiger partial charge on any atom is 0.230 e. The van der Waals surface area contributed by atoms with Crippen LogP contribution in [-0.4, -0.2) is 16.6 Å². The van der Waals surface area contributed by atoms with Gasteiger partial charge in [0.05, 0.1) is 12.3 Å². The molecule has 0 unspecified atom stereocenters. The molecule has 0 saturated heterocycles. The van der Waals surface area contributed by atoms with Crippen molar-refractivity contribution in [2.45, 2.75) is 18.4 Å². The molecular formula is C13H13BrN2OS2. The van der Waals surface area contributed by atoms with E-state index in [4.69, 9.17) is 0 Å². The van der Waals surface area contributed by atoms with E-state index in [0.29, 0.717) is 12.3 Å².